The molecule has 0 aliphatic rings. The Morgan fingerprint density at radius 2 is 0.756 bits per heavy atom. The third-order valence-corrected chi connectivity index (χ3v) is 25.6. The van der Waals surface area contributed by atoms with Gasteiger partial charge in [0.05, 0.1) is 86.7 Å². The topological polar surface area (TPSA) is 425 Å². The van der Waals surface area contributed by atoms with Crippen molar-refractivity contribution >= 4 is 120 Å². The molecule has 0 heterocycles. The van der Waals surface area contributed by atoms with Crippen LogP contribution in [0.5, 0.6) is 0 Å². The van der Waals surface area contributed by atoms with Gasteiger partial charge in [0.2, 0.25) is 0 Å². The molecule has 0 radical (unpaired) electrons. The number of unbranched alkanes of at least 4 members (excludes halogenated alkanes) is 3. The van der Waals surface area contributed by atoms with Gasteiger partial charge in [-0.25, -0.2) is 0 Å². The lowest BCUT2D eigenvalue weighted by molar-refractivity contribution is -0.368. The molecule has 692 valence electrons. The van der Waals surface area contributed by atoms with E-state index in [4.69, 9.17) is 58.2 Å². The Morgan fingerprint density at radius 1 is 0.463 bits per heavy atom. The van der Waals surface area contributed by atoms with E-state index in [1.54, 1.807) is 55.2 Å². The van der Waals surface area contributed by atoms with E-state index in [0.29, 0.717) is 64.5 Å². The third kappa shape index (κ3) is 53.7. The van der Waals surface area contributed by atoms with Gasteiger partial charge in [-0.3, -0.25) is 62.5 Å². The zero-order valence-electron chi connectivity index (χ0n) is 75.5. The van der Waals surface area contributed by atoms with E-state index in [1.165, 1.54) is 45.0 Å². The molecule has 10 N–H and O–H groups in total. The van der Waals surface area contributed by atoms with E-state index in [1.807, 2.05) is 121 Å². The van der Waals surface area contributed by atoms with E-state index < -0.39 is 102 Å². The molecule has 4 aromatic rings. The molecule has 0 aromatic heterocycles. The molecule has 0 amide bonds. The second-order valence-corrected chi connectivity index (χ2v) is 40.7. The largest absolute Gasteiger partial charge is 1.00 e. The Morgan fingerprint density at radius 3 is 1.02 bits per heavy atom. The second-order valence-electron chi connectivity index (χ2n) is 32.4. The average molecular weight is 1900 g/mol. The second kappa shape index (κ2) is 63.5. The first-order valence-electron chi connectivity index (χ1n) is 41.0. The molecule has 0 fully saturated rings. The molecule has 4 rings (SSSR count). The third-order valence-electron chi connectivity index (χ3n) is 19.4. The maximum Gasteiger partial charge on any atom is 0.373 e. The minimum atomic E-state index is -1.82. The van der Waals surface area contributed by atoms with Crippen molar-refractivity contribution < 1.29 is 133 Å². The molecular weight excluding hydrogens is 1760 g/mol. The Balaban J connectivity index is 0. The van der Waals surface area contributed by atoms with Crippen LogP contribution in [0.4, 0.5) is 0 Å². The monoisotopic (exact) mass is 1890 g/mol. The highest BCUT2D eigenvalue weighted by Crippen LogP contribution is 2.38. The van der Waals surface area contributed by atoms with Crippen LogP contribution in [0.25, 0.3) is 0 Å². The lowest BCUT2D eigenvalue weighted by Gasteiger charge is -2.36. The number of ether oxygens (including phenoxy) is 9. The van der Waals surface area contributed by atoms with E-state index in [-0.39, 0.29) is 113 Å². The number of esters is 9. The first kappa shape index (κ1) is 118. The number of Topliss-reactive ketones (excluding diaryl/α,β-unsaturated/α-hetero) is 2. The van der Waals surface area contributed by atoms with Crippen LogP contribution in [0, 0.1) is 10.8 Å². The van der Waals surface area contributed by atoms with Gasteiger partial charge < -0.3 is 96.5 Å². The van der Waals surface area contributed by atoms with Gasteiger partial charge in [0.25, 0.3) is 0 Å². The summed E-state index contributed by atoms with van der Waals surface area (Å²) in [5.41, 5.74) is 11.2. The number of benzene rings is 4. The molecule has 0 spiro atoms. The number of aliphatic hydroxyl groups excluding tert-OH is 1. The Kier molecular flexibility index (Phi) is 60.8. The number of carbonyl (C=O) groups excluding carboxylic acids is 11. The number of nitrogens with two attached hydrogens (primary N) is 1. The number of hydrogen-bond acceptors (Lipinski definition) is 29. The van der Waals surface area contributed by atoms with Crippen LogP contribution < -0.4 is 34.3 Å². The number of quaternary nitrogens is 1. The normalized spacial score (nSPS) is 12.9. The molecular formula is C87H139B2Br2ClN6O24Si. The number of halogens is 3. The molecule has 0 saturated heterocycles. The zero-order valence-corrected chi connectivity index (χ0v) is 80.5. The van der Waals surface area contributed by atoms with Crippen LogP contribution in [-0.4, -0.2) is 233 Å². The minimum Gasteiger partial charge on any atom is -1.00 e. The number of ketones is 2. The number of alkyl halides is 2. The highest BCUT2D eigenvalue weighted by atomic mass is 79.9. The summed E-state index contributed by atoms with van der Waals surface area (Å²) in [5, 5.41) is 32.7. The number of aliphatic hydroxyl groups is 1. The summed E-state index contributed by atoms with van der Waals surface area (Å²) in [6.45, 7) is 29.5. The van der Waals surface area contributed by atoms with Gasteiger partial charge in [-0.2, -0.15) is 0 Å². The first-order valence-corrected chi connectivity index (χ1v) is 45.5. The quantitative estimate of drug-likeness (QED) is 0.00797. The fourth-order valence-corrected chi connectivity index (χ4v) is 13.5. The smallest absolute Gasteiger partial charge is 0.373 e. The summed E-state index contributed by atoms with van der Waals surface area (Å²) in [5.74, 6) is -4.39. The lowest BCUT2D eigenvalue weighted by atomic mass is 9.82. The van der Waals surface area contributed by atoms with Crippen molar-refractivity contribution in [1.82, 2.24) is 20.3 Å². The van der Waals surface area contributed by atoms with Crippen LogP contribution in [-0.2, 0) is 126 Å². The van der Waals surface area contributed by atoms with E-state index in [0.717, 1.165) is 54.6 Å². The van der Waals surface area contributed by atoms with Crippen molar-refractivity contribution in [1.29, 1.82) is 0 Å². The van der Waals surface area contributed by atoms with Gasteiger partial charge in [-0.15, -0.1) is 0 Å². The van der Waals surface area contributed by atoms with Crippen molar-refractivity contribution in [3.05, 3.63) is 144 Å². The molecule has 0 aliphatic heterocycles. The highest BCUT2D eigenvalue weighted by Gasteiger charge is 2.42. The molecule has 0 bridgehead atoms. The molecule has 123 heavy (non-hydrogen) atoms. The van der Waals surface area contributed by atoms with Gasteiger partial charge in [0.1, 0.15) is 69.3 Å². The summed E-state index contributed by atoms with van der Waals surface area (Å²) in [6, 6.07) is 34.9. The molecule has 4 aromatic carbocycles. The van der Waals surface area contributed by atoms with Crippen molar-refractivity contribution in [3.63, 3.8) is 0 Å². The molecule has 5 atom stereocenters. The molecule has 30 nitrogen and oxygen atoms in total. The maximum absolute atomic E-state index is 12.6. The Bertz CT molecular complexity index is 3580. The molecule has 4 unspecified atom stereocenters. The van der Waals surface area contributed by atoms with Crippen molar-refractivity contribution in [2.75, 3.05) is 93.6 Å². The van der Waals surface area contributed by atoms with Crippen LogP contribution in [0.2, 0.25) is 31.8 Å². The zero-order chi connectivity index (χ0) is 92.7. The number of methoxy groups -OCH3 is 3. The maximum atomic E-state index is 12.6. The van der Waals surface area contributed by atoms with Gasteiger partial charge in [-0.1, -0.05) is 187 Å². The highest BCUT2D eigenvalue weighted by molar-refractivity contribution is 9.10. The van der Waals surface area contributed by atoms with E-state index in [9.17, 15) is 57.8 Å². The summed E-state index contributed by atoms with van der Waals surface area (Å²) in [7, 11) is 0.957. The van der Waals surface area contributed by atoms with Gasteiger partial charge in [0, 0.05) is 0 Å². The van der Waals surface area contributed by atoms with Crippen LogP contribution >= 0.6 is 31.9 Å². The number of hydrogen-bond donors (Lipinski definition) is 7. The SMILES string of the molecule is CC(=O)C(C)(Br)CC(C)(C)C(=O)OCCO.CC(=O)C(C)(Br)CC(C)(C)C(=O)OCCO[Si](C)(C)C(C)(C)C.COC(=O)C(CCCCNB(C)O)N(CC(=O)OCc1ccccc1)CC(=O)OCc1ccccc1.COC(=O)C(CCCC[NH3+])N(CC(=O)OCc1ccccc1)CC(=O)OCc1ccccc1.COC(=O)[C@@H](N)CCCCNB(C)O.[Cl-]. The van der Waals surface area contributed by atoms with Gasteiger partial charge >= 0.3 is 67.8 Å². The van der Waals surface area contributed by atoms with Crippen LogP contribution in [0.15, 0.2) is 121 Å². The number of rotatable bonds is 51. The minimum absolute atomic E-state index is 0. The van der Waals surface area contributed by atoms with Gasteiger partial charge in [0.15, 0.2) is 8.32 Å². The van der Waals surface area contributed by atoms with Crippen LogP contribution in [0.3, 0.4) is 0 Å². The molecule has 36 heteroatoms. The van der Waals surface area contributed by atoms with Crippen molar-refractivity contribution in [2.45, 2.75) is 232 Å². The summed E-state index contributed by atoms with van der Waals surface area (Å²) >= 11 is 6.72. The Hall–Kier alpha value is -7.35. The van der Waals surface area contributed by atoms with Crippen LogP contribution in [0.1, 0.15) is 169 Å². The lowest BCUT2D eigenvalue weighted by Crippen LogP contribution is -3.00. The standard InChI is InChI=1S/C26H35BN2O7.C25H32N2O6.C17H33BrO4Si.C11H19BrO4.C8H19BN2O3.ClH/c1-27(33)28-16-10-9-15-23(26(32)34-2)29(17-24(30)35-19-21-11-5-3-6-12-21)18-25(31)36-20-22-13-7-4-8-14-22;1-31-25(30)22(14-8-9-15-26)27(16-23(28)32-18-20-10-4-2-5-11-20)17-24(29)33-19-21-12-6-3-7-13-21;1-13(19)17(7,18)12-16(5,6)14(20)21-10-11-22-23(8,9)15(2,3)4;1-8(14)11(4,12)7-10(2,3)9(15)16-6-5-13;1-9(13)11-6-4-3-5-7(10)8(12)14-2;/h3-8,11-14,23,28,33H,9-10,15-20H2,1-2H3;2-7,10-13,22H,8-9,14-19,26H2,1H3;10-12H2,1-9H3;13H,5-7H2,1-4H3;7,11,13H,3-6,10H2,1-2H3;1H/t;;;;7-;/m....0./s1. The predicted octanol–water partition coefficient (Wildman–Crippen LogP) is 6.67. The van der Waals surface area contributed by atoms with Gasteiger partial charge in [-0.05, 0) is 180 Å². The summed E-state index contributed by atoms with van der Waals surface area (Å²) in [6.07, 6.45) is 6.68. The average Bonchev–Trinajstić information content (AvgIpc) is 0.835. The molecule has 0 aliphatic carbocycles. The van der Waals surface area contributed by atoms with Crippen molar-refractivity contribution in [2.24, 2.45) is 16.6 Å². The Labute approximate surface area is 753 Å². The summed E-state index contributed by atoms with van der Waals surface area (Å²) in [4.78, 5) is 136. The molecule has 0 saturated carbocycles. The first-order chi connectivity index (χ1) is 57.1. The predicted molar refractivity (Wildman–Crippen MR) is 478 cm³/mol. The van der Waals surface area contributed by atoms with E-state index >= 15 is 0 Å². The van der Waals surface area contributed by atoms with E-state index in [2.05, 4.69) is 86.7 Å². The fraction of sp³-hybridized carbons (Fsp3) is 0.598. The number of nitrogens with zero attached hydrogens (tertiary/aromatic N) is 2. The summed E-state index contributed by atoms with van der Waals surface area (Å²) < 4.78 is 50.7. The number of carbonyl (C=O) groups is 11. The number of nitrogens with one attached hydrogen (secondary N) is 2. The fourth-order valence-electron chi connectivity index (χ4n) is 11.1. The van der Waals surface area contributed by atoms with Crippen molar-refractivity contribution in [3.8, 4) is 0 Å².